The second-order valence-corrected chi connectivity index (χ2v) is 4.98. The Kier molecular flexibility index (Phi) is 11.0. The van der Waals surface area contributed by atoms with Crippen molar-refractivity contribution < 1.29 is 29.3 Å². The highest BCUT2D eigenvalue weighted by molar-refractivity contribution is 5.75. The molecule has 0 heterocycles. The number of nitrogens with one attached hydrogen (secondary N) is 1. The summed E-state index contributed by atoms with van der Waals surface area (Å²) in [5.41, 5.74) is 0. The van der Waals surface area contributed by atoms with E-state index in [2.05, 4.69) is 12.2 Å². The van der Waals surface area contributed by atoms with Gasteiger partial charge in [-0.2, -0.15) is 0 Å². The fourth-order valence-corrected chi connectivity index (χ4v) is 1.82. The lowest BCUT2D eigenvalue weighted by Gasteiger charge is -2.27. The number of carbonyl (C=O) groups excluding carboxylic acids is 1. The summed E-state index contributed by atoms with van der Waals surface area (Å²) in [5, 5.41) is 20.1. The summed E-state index contributed by atoms with van der Waals surface area (Å²) >= 11 is 0. The summed E-state index contributed by atoms with van der Waals surface area (Å²) in [7, 11) is 0. The van der Waals surface area contributed by atoms with Crippen molar-refractivity contribution in [2.45, 2.75) is 45.8 Å². The first-order chi connectivity index (χ1) is 10.4. The van der Waals surface area contributed by atoms with Gasteiger partial charge in [-0.15, -0.1) is 0 Å². The van der Waals surface area contributed by atoms with Crippen LogP contribution in [-0.4, -0.2) is 65.4 Å². The van der Waals surface area contributed by atoms with Crippen LogP contribution in [0.5, 0.6) is 0 Å². The third-order valence-electron chi connectivity index (χ3n) is 3.03. The van der Waals surface area contributed by atoms with Crippen LogP contribution in [0.3, 0.4) is 0 Å². The Morgan fingerprint density at radius 1 is 1.18 bits per heavy atom. The van der Waals surface area contributed by atoms with Crippen LogP contribution in [-0.2, 0) is 19.1 Å². The van der Waals surface area contributed by atoms with Gasteiger partial charge >= 0.3 is 11.9 Å². The molecule has 1 atom stereocenters. The maximum absolute atomic E-state index is 11.6. The Morgan fingerprint density at radius 3 is 2.41 bits per heavy atom. The molecule has 1 unspecified atom stereocenters. The minimum Gasteiger partial charge on any atom is -0.480 e. The van der Waals surface area contributed by atoms with Gasteiger partial charge in [0.1, 0.15) is 12.8 Å². The predicted octanol–water partition coefficient (Wildman–Crippen LogP) is 0.517. The Balaban J connectivity index is 4.15. The molecule has 0 aromatic rings. The maximum atomic E-state index is 11.6. The lowest BCUT2D eigenvalue weighted by Crippen LogP contribution is -2.44. The first kappa shape index (κ1) is 20.3. The smallest absolute Gasteiger partial charge is 0.329 e. The van der Waals surface area contributed by atoms with E-state index < -0.39 is 24.8 Å². The topological polar surface area (TPSA) is 116 Å². The molecule has 0 spiro atoms. The van der Waals surface area contributed by atoms with Crippen LogP contribution in [0, 0.1) is 0 Å². The van der Waals surface area contributed by atoms with Gasteiger partial charge in [0.05, 0.1) is 6.54 Å². The van der Waals surface area contributed by atoms with E-state index in [4.69, 9.17) is 14.9 Å². The first-order valence-corrected chi connectivity index (χ1v) is 7.42. The van der Waals surface area contributed by atoms with Gasteiger partial charge in [0, 0.05) is 19.5 Å². The number of nitrogens with zero attached hydrogens (tertiary/aromatic N) is 1. The van der Waals surface area contributed by atoms with Crippen LogP contribution < -0.4 is 5.32 Å². The molecule has 0 aromatic heterocycles. The number of carbonyl (C=O) groups is 3. The highest BCUT2D eigenvalue weighted by Crippen LogP contribution is 2.01. The number of aliphatic carboxylic acids is 2. The number of amides is 1. The second kappa shape index (κ2) is 11.9. The van der Waals surface area contributed by atoms with Crippen LogP contribution >= 0.6 is 0 Å². The number of carboxylic acids is 2. The number of unbranched alkanes of at least 4 members (excludes halogenated alkanes) is 2. The van der Waals surface area contributed by atoms with Gasteiger partial charge in [-0.05, 0) is 13.3 Å². The summed E-state index contributed by atoms with van der Waals surface area (Å²) < 4.78 is 5.05. The molecule has 0 saturated carbocycles. The van der Waals surface area contributed by atoms with Crippen LogP contribution in [0.2, 0.25) is 0 Å². The molecule has 0 bridgehead atoms. The van der Waals surface area contributed by atoms with Gasteiger partial charge < -0.3 is 20.3 Å². The minimum absolute atomic E-state index is 0.0668. The van der Waals surface area contributed by atoms with Crippen molar-refractivity contribution in [3.63, 3.8) is 0 Å². The van der Waals surface area contributed by atoms with Crippen LogP contribution in [0.25, 0.3) is 0 Å². The molecule has 0 saturated heterocycles. The summed E-state index contributed by atoms with van der Waals surface area (Å²) in [6.07, 6.45) is 2.66. The highest BCUT2D eigenvalue weighted by Gasteiger charge is 2.18. The monoisotopic (exact) mass is 318 g/mol. The zero-order valence-electron chi connectivity index (χ0n) is 13.2. The standard InChI is InChI=1S/C14H26N2O6/c1-3-4-5-6-12(17)15-7-8-16(9-13(18)19)11(2)22-10-14(20)21/h11H,3-10H2,1-2H3,(H,15,17)(H,18,19)(H,20,21). The molecular formula is C14H26N2O6. The molecule has 0 aliphatic carbocycles. The van der Waals surface area contributed by atoms with Crippen molar-refractivity contribution in [3.8, 4) is 0 Å². The average molecular weight is 318 g/mol. The van der Waals surface area contributed by atoms with Crippen molar-refractivity contribution >= 4 is 17.8 Å². The molecule has 3 N–H and O–H groups in total. The van der Waals surface area contributed by atoms with Gasteiger partial charge in [0.15, 0.2) is 0 Å². The summed E-state index contributed by atoms with van der Waals surface area (Å²) in [6, 6.07) is 0. The molecule has 0 aromatic carbocycles. The molecule has 8 nitrogen and oxygen atoms in total. The van der Waals surface area contributed by atoms with Crippen LogP contribution in [0.1, 0.15) is 39.5 Å². The molecule has 8 heteroatoms. The average Bonchev–Trinajstić information content (AvgIpc) is 2.43. The first-order valence-electron chi connectivity index (χ1n) is 7.42. The largest absolute Gasteiger partial charge is 0.480 e. The van der Waals surface area contributed by atoms with Crippen molar-refractivity contribution in [1.82, 2.24) is 10.2 Å². The van der Waals surface area contributed by atoms with Crippen molar-refractivity contribution in [2.24, 2.45) is 0 Å². The van der Waals surface area contributed by atoms with E-state index in [0.717, 1.165) is 19.3 Å². The lowest BCUT2D eigenvalue weighted by atomic mass is 10.2. The maximum Gasteiger partial charge on any atom is 0.329 e. The second-order valence-electron chi connectivity index (χ2n) is 4.98. The molecule has 1 amide bonds. The van der Waals surface area contributed by atoms with Gasteiger partial charge in [-0.25, -0.2) is 4.79 Å². The molecule has 0 rings (SSSR count). The van der Waals surface area contributed by atoms with E-state index in [1.165, 1.54) is 4.90 Å². The fourth-order valence-electron chi connectivity index (χ4n) is 1.82. The molecule has 128 valence electrons. The third-order valence-corrected chi connectivity index (χ3v) is 3.03. The van der Waals surface area contributed by atoms with Crippen molar-refractivity contribution in [3.05, 3.63) is 0 Å². The van der Waals surface area contributed by atoms with Crippen molar-refractivity contribution in [1.29, 1.82) is 0 Å². The molecule has 22 heavy (non-hydrogen) atoms. The van der Waals surface area contributed by atoms with Crippen LogP contribution in [0.15, 0.2) is 0 Å². The molecule has 0 aliphatic heterocycles. The molecular weight excluding hydrogens is 292 g/mol. The number of carboxylic acid groups (broad SMARTS) is 2. The minimum atomic E-state index is -1.12. The number of rotatable bonds is 13. The van der Waals surface area contributed by atoms with E-state index >= 15 is 0 Å². The van der Waals surface area contributed by atoms with Crippen molar-refractivity contribution in [2.75, 3.05) is 26.2 Å². The van der Waals surface area contributed by atoms with Gasteiger partial charge in [-0.3, -0.25) is 14.5 Å². The quantitative estimate of drug-likeness (QED) is 0.335. The van der Waals surface area contributed by atoms with Crippen LogP contribution in [0.4, 0.5) is 0 Å². The Bertz CT molecular complexity index is 361. The Hall–Kier alpha value is -1.67. The van der Waals surface area contributed by atoms with Gasteiger partial charge in [0.25, 0.3) is 0 Å². The molecule has 0 radical (unpaired) electrons. The summed E-state index contributed by atoms with van der Waals surface area (Å²) in [4.78, 5) is 34.3. The zero-order chi connectivity index (χ0) is 17.0. The zero-order valence-corrected chi connectivity index (χ0v) is 13.2. The summed E-state index contributed by atoms with van der Waals surface area (Å²) in [6.45, 7) is 3.41. The highest BCUT2D eigenvalue weighted by atomic mass is 16.5. The van der Waals surface area contributed by atoms with E-state index in [-0.39, 0.29) is 19.0 Å². The van der Waals surface area contributed by atoms with E-state index in [1.807, 2.05) is 0 Å². The predicted molar refractivity (Wildman–Crippen MR) is 79.4 cm³/mol. The number of ether oxygens (including phenoxy) is 1. The number of hydrogen-bond donors (Lipinski definition) is 3. The van der Waals surface area contributed by atoms with E-state index in [0.29, 0.717) is 13.0 Å². The molecule has 0 fully saturated rings. The lowest BCUT2D eigenvalue weighted by molar-refractivity contribution is -0.151. The third kappa shape index (κ3) is 11.0. The Morgan fingerprint density at radius 2 is 1.86 bits per heavy atom. The molecule has 0 aliphatic rings. The summed E-state index contributed by atoms with van der Waals surface area (Å²) in [5.74, 6) is -2.23. The van der Waals surface area contributed by atoms with E-state index in [9.17, 15) is 14.4 Å². The van der Waals surface area contributed by atoms with Gasteiger partial charge in [0.2, 0.25) is 5.91 Å². The Labute approximate surface area is 130 Å². The fraction of sp³-hybridized carbons (Fsp3) is 0.786. The van der Waals surface area contributed by atoms with Gasteiger partial charge in [-0.1, -0.05) is 19.8 Å². The SMILES string of the molecule is CCCCCC(=O)NCCN(CC(=O)O)C(C)OCC(=O)O. The number of hydrogen-bond acceptors (Lipinski definition) is 5. The normalized spacial score (nSPS) is 12.1. The van der Waals surface area contributed by atoms with E-state index in [1.54, 1.807) is 6.92 Å².